The van der Waals surface area contributed by atoms with E-state index in [-0.39, 0.29) is 18.3 Å². The number of likely N-dealkylation sites (N-methyl/N-ethyl adjacent to an activating group) is 1. The second-order valence-corrected chi connectivity index (χ2v) is 3.30. The molecule has 7 heteroatoms. The van der Waals surface area contributed by atoms with E-state index < -0.39 is 11.8 Å². The van der Waals surface area contributed by atoms with Gasteiger partial charge in [-0.1, -0.05) is 12.1 Å². The van der Waals surface area contributed by atoms with Crippen LogP contribution in [0.1, 0.15) is 20.3 Å². The first kappa shape index (κ1) is 14.2. The maximum atomic E-state index is 11.9. The summed E-state index contributed by atoms with van der Waals surface area (Å²) in [6.45, 7) is 3.64. The fourth-order valence-corrected chi connectivity index (χ4v) is 1.33. The second-order valence-electron chi connectivity index (χ2n) is 3.30. The molecule has 0 fully saturated rings. The highest BCUT2D eigenvalue weighted by molar-refractivity contribution is 6.02. The van der Waals surface area contributed by atoms with Gasteiger partial charge in [-0.2, -0.15) is 0 Å². The molecule has 5 N–H and O–H groups in total. The van der Waals surface area contributed by atoms with Crippen molar-refractivity contribution in [1.29, 1.82) is 0 Å². The van der Waals surface area contributed by atoms with Crippen LogP contribution in [0, 0.1) is 5.92 Å². The van der Waals surface area contributed by atoms with Crippen molar-refractivity contribution < 1.29 is 14.8 Å². The van der Waals surface area contributed by atoms with Crippen LogP contribution in [0.3, 0.4) is 0 Å². The molecule has 92 valence electrons. The zero-order chi connectivity index (χ0) is 12.7. The molecule has 0 aromatic carbocycles. The number of carbonyl (C=O) groups excluding carboxylic acids is 2. The van der Waals surface area contributed by atoms with Crippen LogP contribution in [0.4, 0.5) is 0 Å². The van der Waals surface area contributed by atoms with Gasteiger partial charge in [-0.3, -0.25) is 9.59 Å². The van der Waals surface area contributed by atoms with Gasteiger partial charge in [0, 0.05) is 6.54 Å². The largest absolute Gasteiger partial charge is 0.409 e. The molecule has 0 bridgehead atoms. The van der Waals surface area contributed by atoms with Gasteiger partial charge in [0.2, 0.25) is 11.8 Å². The summed E-state index contributed by atoms with van der Waals surface area (Å²) in [7, 11) is 0. The molecule has 2 amide bonds. The van der Waals surface area contributed by atoms with Crippen molar-refractivity contribution in [2.45, 2.75) is 20.3 Å². The number of oxime groups is 1. The molecule has 0 aliphatic heterocycles. The number of amides is 2. The van der Waals surface area contributed by atoms with Gasteiger partial charge < -0.3 is 21.6 Å². The first-order valence-electron chi connectivity index (χ1n) is 5.02. The van der Waals surface area contributed by atoms with Crippen LogP contribution in [0.2, 0.25) is 0 Å². The molecule has 0 aliphatic rings. The van der Waals surface area contributed by atoms with Crippen molar-refractivity contribution in [2.24, 2.45) is 22.5 Å². The van der Waals surface area contributed by atoms with Gasteiger partial charge in [-0.15, -0.1) is 0 Å². The van der Waals surface area contributed by atoms with Crippen LogP contribution in [-0.2, 0) is 9.59 Å². The van der Waals surface area contributed by atoms with Crippen LogP contribution in [0.5, 0.6) is 0 Å². The minimum Gasteiger partial charge on any atom is -0.409 e. The van der Waals surface area contributed by atoms with Crippen molar-refractivity contribution in [3.63, 3.8) is 0 Å². The fraction of sp³-hybridized carbons (Fsp3) is 0.667. The Balaban J connectivity index is 4.76. The molecule has 0 aliphatic carbocycles. The van der Waals surface area contributed by atoms with Crippen molar-refractivity contribution in [2.75, 3.05) is 13.1 Å². The predicted octanol–water partition coefficient (Wildman–Crippen LogP) is -0.907. The third kappa shape index (κ3) is 3.76. The standard InChI is InChI=1S/C9H18N4O3/c1-3-6(8(11)12-16)9(15)13(4-2)5-7(10)14/h6,16H,3-5H2,1-2H3,(H2,10,14)(H2,11,12). The zero-order valence-electron chi connectivity index (χ0n) is 9.51. The van der Waals surface area contributed by atoms with E-state index in [0.29, 0.717) is 13.0 Å². The molecule has 0 spiro atoms. The van der Waals surface area contributed by atoms with Crippen LogP contribution in [-0.4, -0.2) is 40.8 Å². The van der Waals surface area contributed by atoms with Gasteiger partial charge in [0.05, 0.1) is 12.5 Å². The molecule has 0 radical (unpaired) electrons. The lowest BCUT2D eigenvalue weighted by molar-refractivity contribution is -0.136. The summed E-state index contributed by atoms with van der Waals surface area (Å²) in [5.74, 6) is -1.83. The van der Waals surface area contributed by atoms with Gasteiger partial charge in [0.25, 0.3) is 0 Å². The molecule has 0 aromatic rings. The molecular formula is C9H18N4O3. The summed E-state index contributed by atoms with van der Waals surface area (Å²) < 4.78 is 0. The van der Waals surface area contributed by atoms with Gasteiger partial charge in [-0.05, 0) is 13.3 Å². The number of carbonyl (C=O) groups is 2. The van der Waals surface area contributed by atoms with E-state index in [1.165, 1.54) is 4.90 Å². The smallest absolute Gasteiger partial charge is 0.237 e. The molecule has 1 unspecified atom stereocenters. The first-order chi connectivity index (χ1) is 7.47. The fourth-order valence-electron chi connectivity index (χ4n) is 1.33. The highest BCUT2D eigenvalue weighted by Crippen LogP contribution is 2.08. The van der Waals surface area contributed by atoms with Crippen LogP contribution in [0.15, 0.2) is 5.16 Å². The number of primary amides is 1. The topological polar surface area (TPSA) is 122 Å². The molecule has 0 saturated carbocycles. The number of hydrogen-bond donors (Lipinski definition) is 3. The minimum atomic E-state index is -0.718. The van der Waals surface area contributed by atoms with Crippen LogP contribution < -0.4 is 11.5 Å². The molecule has 0 aromatic heterocycles. The highest BCUT2D eigenvalue weighted by atomic mass is 16.4. The summed E-state index contributed by atoms with van der Waals surface area (Å²) in [4.78, 5) is 23.9. The molecule has 0 heterocycles. The zero-order valence-corrected chi connectivity index (χ0v) is 9.51. The monoisotopic (exact) mass is 230 g/mol. The molecule has 0 rings (SSSR count). The summed E-state index contributed by atoms with van der Waals surface area (Å²) in [6, 6.07) is 0. The molecule has 7 nitrogen and oxygen atoms in total. The first-order valence-corrected chi connectivity index (χ1v) is 5.02. The van der Waals surface area contributed by atoms with Gasteiger partial charge in [-0.25, -0.2) is 0 Å². The highest BCUT2D eigenvalue weighted by Gasteiger charge is 2.26. The summed E-state index contributed by atoms with van der Waals surface area (Å²) in [5, 5.41) is 11.3. The van der Waals surface area contributed by atoms with Crippen molar-refractivity contribution in [3.8, 4) is 0 Å². The van der Waals surface area contributed by atoms with E-state index in [1.54, 1.807) is 13.8 Å². The van der Waals surface area contributed by atoms with E-state index in [9.17, 15) is 9.59 Å². The predicted molar refractivity (Wildman–Crippen MR) is 58.6 cm³/mol. The Hall–Kier alpha value is -1.79. The Kier molecular flexibility index (Phi) is 5.91. The van der Waals surface area contributed by atoms with Crippen LogP contribution in [0.25, 0.3) is 0 Å². The average molecular weight is 230 g/mol. The molecular weight excluding hydrogens is 212 g/mol. The number of rotatable bonds is 6. The van der Waals surface area contributed by atoms with Gasteiger partial charge >= 0.3 is 0 Å². The summed E-state index contributed by atoms with van der Waals surface area (Å²) >= 11 is 0. The van der Waals surface area contributed by atoms with Crippen molar-refractivity contribution in [3.05, 3.63) is 0 Å². The quantitative estimate of drug-likeness (QED) is 0.237. The Morgan fingerprint density at radius 2 is 1.94 bits per heavy atom. The lowest BCUT2D eigenvalue weighted by atomic mass is 10.0. The van der Waals surface area contributed by atoms with Crippen molar-refractivity contribution >= 4 is 17.6 Å². The maximum absolute atomic E-state index is 11.9. The van der Waals surface area contributed by atoms with E-state index in [4.69, 9.17) is 16.7 Å². The number of nitrogens with two attached hydrogens (primary N) is 2. The minimum absolute atomic E-state index is 0.157. The number of nitrogens with zero attached hydrogens (tertiary/aromatic N) is 2. The molecule has 0 saturated heterocycles. The normalized spacial score (nSPS) is 13.2. The van der Waals surface area contributed by atoms with Crippen molar-refractivity contribution in [1.82, 2.24) is 4.90 Å². The van der Waals surface area contributed by atoms with E-state index in [1.807, 2.05) is 0 Å². The summed E-state index contributed by atoms with van der Waals surface area (Å²) in [5.41, 5.74) is 10.4. The Labute approximate surface area is 94.1 Å². The van der Waals surface area contributed by atoms with E-state index >= 15 is 0 Å². The number of amidine groups is 1. The van der Waals surface area contributed by atoms with E-state index in [2.05, 4.69) is 5.16 Å². The molecule has 1 atom stereocenters. The van der Waals surface area contributed by atoms with E-state index in [0.717, 1.165) is 0 Å². The maximum Gasteiger partial charge on any atom is 0.237 e. The Bertz CT molecular complexity index is 290. The number of hydrogen-bond acceptors (Lipinski definition) is 4. The lowest BCUT2D eigenvalue weighted by Crippen LogP contribution is -2.45. The van der Waals surface area contributed by atoms with Gasteiger partial charge in [0.1, 0.15) is 0 Å². The van der Waals surface area contributed by atoms with Crippen LogP contribution >= 0.6 is 0 Å². The lowest BCUT2D eigenvalue weighted by Gasteiger charge is -2.23. The summed E-state index contributed by atoms with van der Waals surface area (Å²) in [6.07, 6.45) is 0.393. The Morgan fingerprint density at radius 1 is 1.38 bits per heavy atom. The third-order valence-electron chi connectivity index (χ3n) is 2.22. The van der Waals surface area contributed by atoms with Gasteiger partial charge in [0.15, 0.2) is 5.84 Å². The average Bonchev–Trinajstić information content (AvgIpc) is 2.25. The Morgan fingerprint density at radius 3 is 2.25 bits per heavy atom. The second kappa shape index (κ2) is 6.65. The molecule has 16 heavy (non-hydrogen) atoms. The third-order valence-corrected chi connectivity index (χ3v) is 2.22. The SMILES string of the molecule is CCC(C(=O)N(CC)CC(N)=O)C(N)=NO.